The summed E-state index contributed by atoms with van der Waals surface area (Å²) in [6.45, 7) is 4.55. The number of benzene rings is 2. The SMILES string of the molecule is Cl.O=C(O)CCCCc1ccc(OCCN2CCN(c3ccc(C(F)(F)F)cc3)CC2)cc1. The smallest absolute Gasteiger partial charge is 0.416 e. The van der Waals surface area contributed by atoms with E-state index in [-0.39, 0.29) is 18.8 Å². The summed E-state index contributed by atoms with van der Waals surface area (Å²) in [5.41, 5.74) is 1.36. The van der Waals surface area contributed by atoms with Crippen molar-refractivity contribution in [1.29, 1.82) is 0 Å². The molecule has 2 aromatic rings. The van der Waals surface area contributed by atoms with E-state index in [0.29, 0.717) is 13.0 Å². The number of nitrogens with zero attached hydrogens (tertiary/aromatic N) is 2. The minimum Gasteiger partial charge on any atom is -0.492 e. The molecule has 1 heterocycles. The van der Waals surface area contributed by atoms with Crippen LogP contribution in [0.1, 0.15) is 30.4 Å². The number of carboxylic acid groups (broad SMARTS) is 1. The number of rotatable bonds is 10. The number of hydrogen-bond acceptors (Lipinski definition) is 4. The number of hydrogen-bond donors (Lipinski definition) is 1. The molecule has 2 aromatic carbocycles. The van der Waals surface area contributed by atoms with Gasteiger partial charge < -0.3 is 14.7 Å². The Morgan fingerprint density at radius 1 is 0.939 bits per heavy atom. The molecule has 0 amide bonds. The van der Waals surface area contributed by atoms with Gasteiger partial charge in [-0.15, -0.1) is 12.4 Å². The van der Waals surface area contributed by atoms with Gasteiger partial charge in [0, 0.05) is 44.8 Å². The number of unbranched alkanes of at least 4 members (excludes halogenated alkanes) is 1. The van der Waals surface area contributed by atoms with E-state index in [2.05, 4.69) is 9.80 Å². The zero-order chi connectivity index (χ0) is 23.0. The molecule has 3 rings (SSSR count). The number of aliphatic carboxylic acids is 1. The second kappa shape index (κ2) is 12.7. The van der Waals surface area contributed by atoms with Crippen molar-refractivity contribution in [2.24, 2.45) is 0 Å². The standard InChI is InChI=1S/C24H29F3N2O3.ClH/c25-24(26,27)20-7-9-21(10-8-20)29-15-13-28(14-16-29)17-18-32-22-11-5-19(6-12-22)3-1-2-4-23(30)31;/h5-12H,1-4,13-18H2,(H,30,31);1H. The molecule has 0 aliphatic carbocycles. The Bertz CT molecular complexity index is 853. The van der Waals surface area contributed by atoms with E-state index in [9.17, 15) is 18.0 Å². The van der Waals surface area contributed by atoms with Gasteiger partial charge in [0.25, 0.3) is 0 Å². The molecule has 0 bridgehead atoms. The first-order valence-corrected chi connectivity index (χ1v) is 10.9. The molecule has 1 N–H and O–H groups in total. The third-order valence-corrected chi connectivity index (χ3v) is 5.64. The summed E-state index contributed by atoms with van der Waals surface area (Å²) in [7, 11) is 0. The predicted molar refractivity (Wildman–Crippen MR) is 124 cm³/mol. The Labute approximate surface area is 198 Å². The van der Waals surface area contributed by atoms with Crippen LogP contribution in [0.25, 0.3) is 0 Å². The lowest BCUT2D eigenvalue weighted by molar-refractivity contribution is -0.138. The van der Waals surface area contributed by atoms with Gasteiger partial charge in [-0.05, 0) is 61.2 Å². The summed E-state index contributed by atoms with van der Waals surface area (Å²) in [4.78, 5) is 14.9. The fraction of sp³-hybridized carbons (Fsp3) is 0.458. The van der Waals surface area contributed by atoms with Crippen molar-refractivity contribution in [3.8, 4) is 5.75 Å². The largest absolute Gasteiger partial charge is 0.492 e. The number of alkyl halides is 3. The number of piperazine rings is 1. The Morgan fingerprint density at radius 2 is 1.58 bits per heavy atom. The van der Waals surface area contributed by atoms with Crippen LogP contribution in [0.2, 0.25) is 0 Å². The number of ether oxygens (including phenoxy) is 1. The molecule has 0 unspecified atom stereocenters. The highest BCUT2D eigenvalue weighted by Crippen LogP contribution is 2.30. The monoisotopic (exact) mass is 486 g/mol. The molecule has 0 radical (unpaired) electrons. The van der Waals surface area contributed by atoms with Gasteiger partial charge in [-0.3, -0.25) is 9.69 Å². The fourth-order valence-electron chi connectivity index (χ4n) is 3.74. The van der Waals surface area contributed by atoms with Crippen LogP contribution in [0.4, 0.5) is 18.9 Å². The van der Waals surface area contributed by atoms with Gasteiger partial charge >= 0.3 is 12.1 Å². The predicted octanol–water partition coefficient (Wildman–Crippen LogP) is 5.13. The first-order valence-electron chi connectivity index (χ1n) is 10.9. The highest BCUT2D eigenvalue weighted by atomic mass is 35.5. The number of carboxylic acids is 1. The van der Waals surface area contributed by atoms with Crippen LogP contribution in [0.3, 0.4) is 0 Å². The van der Waals surface area contributed by atoms with E-state index in [4.69, 9.17) is 9.84 Å². The summed E-state index contributed by atoms with van der Waals surface area (Å²) in [6.07, 6.45) is -1.71. The maximum atomic E-state index is 12.7. The normalized spacial score (nSPS) is 14.6. The molecule has 9 heteroatoms. The van der Waals surface area contributed by atoms with E-state index < -0.39 is 17.7 Å². The van der Waals surface area contributed by atoms with E-state index in [1.807, 2.05) is 24.3 Å². The highest BCUT2D eigenvalue weighted by molar-refractivity contribution is 5.85. The van der Waals surface area contributed by atoms with Crippen molar-refractivity contribution in [3.05, 3.63) is 59.7 Å². The second-order valence-corrected chi connectivity index (χ2v) is 7.97. The van der Waals surface area contributed by atoms with Gasteiger partial charge in [0.15, 0.2) is 0 Å². The minimum atomic E-state index is -4.31. The second-order valence-electron chi connectivity index (χ2n) is 7.97. The number of aryl methyl sites for hydroxylation is 1. The topological polar surface area (TPSA) is 53.0 Å². The van der Waals surface area contributed by atoms with E-state index >= 15 is 0 Å². The first-order chi connectivity index (χ1) is 15.3. The lowest BCUT2D eigenvalue weighted by Gasteiger charge is -2.36. The quantitative estimate of drug-likeness (QED) is 0.472. The third-order valence-electron chi connectivity index (χ3n) is 5.64. The first kappa shape index (κ1) is 26.8. The molecule has 1 fully saturated rings. The maximum Gasteiger partial charge on any atom is 0.416 e. The molecule has 5 nitrogen and oxygen atoms in total. The van der Waals surface area contributed by atoms with E-state index in [1.165, 1.54) is 17.7 Å². The summed E-state index contributed by atoms with van der Waals surface area (Å²) in [5, 5.41) is 8.67. The molecular formula is C24H30ClF3N2O3. The third kappa shape index (κ3) is 8.78. The van der Waals surface area contributed by atoms with Crippen molar-refractivity contribution in [3.63, 3.8) is 0 Å². The zero-order valence-corrected chi connectivity index (χ0v) is 19.2. The summed E-state index contributed by atoms with van der Waals surface area (Å²) >= 11 is 0. The summed E-state index contributed by atoms with van der Waals surface area (Å²) < 4.78 is 44.0. The summed E-state index contributed by atoms with van der Waals surface area (Å²) in [5.74, 6) is 0.0532. The van der Waals surface area contributed by atoms with Gasteiger partial charge in [0.05, 0.1) is 5.56 Å². The van der Waals surface area contributed by atoms with E-state index in [1.54, 1.807) is 0 Å². The molecule has 1 aliphatic heterocycles. The van der Waals surface area contributed by atoms with Crippen molar-refractivity contribution in [2.45, 2.75) is 31.9 Å². The van der Waals surface area contributed by atoms with Gasteiger partial charge in [-0.2, -0.15) is 13.2 Å². The molecule has 33 heavy (non-hydrogen) atoms. The maximum absolute atomic E-state index is 12.7. The molecule has 182 valence electrons. The van der Waals surface area contributed by atoms with E-state index in [0.717, 1.165) is 69.1 Å². The van der Waals surface area contributed by atoms with Crippen LogP contribution in [0.5, 0.6) is 5.75 Å². The lowest BCUT2D eigenvalue weighted by Crippen LogP contribution is -2.47. The van der Waals surface area contributed by atoms with Crippen molar-refractivity contribution < 1.29 is 27.8 Å². The van der Waals surface area contributed by atoms with Gasteiger partial charge in [0.2, 0.25) is 0 Å². The van der Waals surface area contributed by atoms with Gasteiger partial charge in [-0.25, -0.2) is 0 Å². The highest BCUT2D eigenvalue weighted by Gasteiger charge is 2.30. The average Bonchev–Trinajstić information content (AvgIpc) is 2.78. The molecule has 1 saturated heterocycles. The Kier molecular flexibility index (Phi) is 10.3. The zero-order valence-electron chi connectivity index (χ0n) is 18.4. The average molecular weight is 487 g/mol. The lowest BCUT2D eigenvalue weighted by atomic mass is 10.1. The van der Waals surface area contributed by atoms with Crippen molar-refractivity contribution in [2.75, 3.05) is 44.2 Å². The molecule has 1 aliphatic rings. The van der Waals surface area contributed by atoms with Crippen LogP contribution in [-0.4, -0.2) is 55.3 Å². The molecule has 0 saturated carbocycles. The van der Waals surface area contributed by atoms with Crippen molar-refractivity contribution in [1.82, 2.24) is 4.90 Å². The number of halogens is 4. The minimum absolute atomic E-state index is 0. The van der Waals surface area contributed by atoms with Gasteiger partial charge in [-0.1, -0.05) is 12.1 Å². The molecule has 0 atom stereocenters. The van der Waals surface area contributed by atoms with Crippen molar-refractivity contribution >= 4 is 24.1 Å². The Balaban J connectivity index is 0.00000385. The van der Waals surface area contributed by atoms with Crippen LogP contribution in [0.15, 0.2) is 48.5 Å². The molecule has 0 spiro atoms. The molecular weight excluding hydrogens is 457 g/mol. The Hall–Kier alpha value is -2.45. The number of anilines is 1. The van der Waals surface area contributed by atoms with Crippen LogP contribution in [0, 0.1) is 0 Å². The molecule has 0 aromatic heterocycles. The van der Waals surface area contributed by atoms with Crippen LogP contribution < -0.4 is 9.64 Å². The summed E-state index contributed by atoms with van der Waals surface area (Å²) in [6, 6.07) is 13.3. The van der Waals surface area contributed by atoms with Crippen LogP contribution in [-0.2, 0) is 17.4 Å². The van der Waals surface area contributed by atoms with Gasteiger partial charge in [0.1, 0.15) is 12.4 Å². The fourth-order valence-corrected chi connectivity index (χ4v) is 3.74. The Morgan fingerprint density at radius 3 is 2.15 bits per heavy atom. The van der Waals surface area contributed by atoms with Crippen LogP contribution >= 0.6 is 12.4 Å². The number of carbonyl (C=O) groups is 1.